The lowest BCUT2D eigenvalue weighted by Crippen LogP contribution is -2.22. The summed E-state index contributed by atoms with van der Waals surface area (Å²) in [4.78, 5) is 10.9. The summed E-state index contributed by atoms with van der Waals surface area (Å²) in [5.74, 6) is 0.959. The Morgan fingerprint density at radius 2 is 1.70 bits per heavy atom. The van der Waals surface area contributed by atoms with Crippen molar-refractivity contribution in [3.63, 3.8) is 0 Å². The second kappa shape index (κ2) is 11.5. The Bertz CT molecular complexity index is 546. The van der Waals surface area contributed by atoms with Gasteiger partial charge in [0, 0.05) is 12.5 Å². The van der Waals surface area contributed by atoms with Gasteiger partial charge in [0.05, 0.1) is 0 Å². The number of rotatable bonds is 5. The minimum Gasteiger partial charge on any atom is -0.481 e. The van der Waals surface area contributed by atoms with Gasteiger partial charge in [-0.2, -0.15) is 0 Å². The molecule has 152 valence electrons. The number of aliphatic carboxylic acids is 1. The van der Waals surface area contributed by atoms with Gasteiger partial charge in [0.15, 0.2) is 0 Å². The van der Waals surface area contributed by atoms with E-state index in [0.29, 0.717) is 30.2 Å². The van der Waals surface area contributed by atoms with Crippen LogP contribution in [0.2, 0.25) is 0 Å². The monoisotopic (exact) mass is 373 g/mol. The molecular formula is C24H39NO2. The zero-order valence-electron chi connectivity index (χ0n) is 17.3. The summed E-state index contributed by atoms with van der Waals surface area (Å²) in [6, 6.07) is 9.54. The number of carboxylic acids is 1. The lowest BCUT2D eigenvalue weighted by Gasteiger charge is -2.28. The van der Waals surface area contributed by atoms with Crippen molar-refractivity contribution in [1.29, 1.82) is 0 Å². The predicted molar refractivity (Wildman–Crippen MR) is 113 cm³/mol. The van der Waals surface area contributed by atoms with Crippen LogP contribution in [0, 0.1) is 11.8 Å². The van der Waals surface area contributed by atoms with E-state index in [4.69, 9.17) is 10.8 Å². The zero-order valence-corrected chi connectivity index (χ0v) is 17.3. The molecule has 3 nitrogen and oxygen atoms in total. The fraction of sp³-hybridized carbons (Fsp3) is 0.708. The average molecular weight is 374 g/mol. The smallest absolute Gasteiger partial charge is 0.303 e. The number of carbonyl (C=O) groups is 1. The fourth-order valence-electron chi connectivity index (χ4n) is 4.56. The standard InChI is InChI=1S/C18H26O2.C6H13N/c1-13(2)10-14-6-8-16(9-7-14)17-5-3-4-15(11-17)12-18(19)20;7-6-4-2-1-3-5-6/h6-9,13,15,17H,3-5,10-12H2,1-2H3,(H,19,20);6H,1-5,7H2. The summed E-state index contributed by atoms with van der Waals surface area (Å²) < 4.78 is 0. The first-order chi connectivity index (χ1) is 12.9. The van der Waals surface area contributed by atoms with E-state index in [1.807, 2.05) is 0 Å². The summed E-state index contributed by atoms with van der Waals surface area (Å²) in [7, 11) is 0. The van der Waals surface area contributed by atoms with E-state index in [-0.39, 0.29) is 0 Å². The number of nitrogens with two attached hydrogens (primary N) is 1. The molecule has 3 heteroatoms. The van der Waals surface area contributed by atoms with Crippen molar-refractivity contribution in [3.05, 3.63) is 35.4 Å². The van der Waals surface area contributed by atoms with Crippen LogP contribution in [0.1, 0.15) is 95.1 Å². The van der Waals surface area contributed by atoms with Crippen molar-refractivity contribution in [2.75, 3.05) is 0 Å². The third kappa shape index (κ3) is 8.47. The summed E-state index contributed by atoms with van der Waals surface area (Å²) in [5, 5.41) is 8.94. The average Bonchev–Trinajstić information content (AvgIpc) is 2.63. The maximum absolute atomic E-state index is 10.9. The summed E-state index contributed by atoms with van der Waals surface area (Å²) in [5.41, 5.74) is 8.43. The van der Waals surface area contributed by atoms with Crippen LogP contribution in [-0.4, -0.2) is 17.1 Å². The third-order valence-electron chi connectivity index (χ3n) is 5.99. The Balaban J connectivity index is 0.000000313. The highest BCUT2D eigenvalue weighted by molar-refractivity contribution is 5.67. The van der Waals surface area contributed by atoms with Crippen LogP contribution in [0.5, 0.6) is 0 Å². The maximum atomic E-state index is 10.9. The largest absolute Gasteiger partial charge is 0.481 e. The first-order valence-electron chi connectivity index (χ1n) is 11.0. The van der Waals surface area contributed by atoms with Gasteiger partial charge in [-0.1, -0.05) is 63.8 Å². The van der Waals surface area contributed by atoms with Gasteiger partial charge >= 0.3 is 5.97 Å². The van der Waals surface area contributed by atoms with Gasteiger partial charge in [0.2, 0.25) is 0 Å². The Morgan fingerprint density at radius 3 is 2.22 bits per heavy atom. The molecule has 2 saturated carbocycles. The highest BCUT2D eigenvalue weighted by Gasteiger charge is 2.24. The van der Waals surface area contributed by atoms with E-state index in [2.05, 4.69) is 38.1 Å². The van der Waals surface area contributed by atoms with Gasteiger partial charge < -0.3 is 10.8 Å². The second-order valence-corrected chi connectivity index (χ2v) is 9.07. The van der Waals surface area contributed by atoms with Gasteiger partial charge in [-0.05, 0) is 67.4 Å². The minimum atomic E-state index is -0.650. The van der Waals surface area contributed by atoms with Crippen LogP contribution in [0.4, 0.5) is 0 Å². The maximum Gasteiger partial charge on any atom is 0.303 e. The summed E-state index contributed by atoms with van der Waals surface area (Å²) >= 11 is 0. The molecule has 2 unspecified atom stereocenters. The van der Waals surface area contributed by atoms with E-state index in [1.165, 1.54) is 49.7 Å². The van der Waals surface area contributed by atoms with Gasteiger partial charge in [0.1, 0.15) is 0 Å². The van der Waals surface area contributed by atoms with Crippen molar-refractivity contribution in [2.45, 2.75) is 96.4 Å². The quantitative estimate of drug-likeness (QED) is 0.674. The molecule has 0 saturated heterocycles. The molecule has 0 radical (unpaired) electrons. The molecular weight excluding hydrogens is 334 g/mol. The van der Waals surface area contributed by atoms with E-state index in [1.54, 1.807) is 0 Å². The number of hydrogen-bond acceptors (Lipinski definition) is 2. The van der Waals surface area contributed by atoms with Crippen LogP contribution < -0.4 is 5.73 Å². The molecule has 2 fully saturated rings. The summed E-state index contributed by atoms with van der Waals surface area (Å²) in [6.45, 7) is 4.48. The molecule has 2 atom stereocenters. The first kappa shape index (κ1) is 21.9. The third-order valence-corrected chi connectivity index (χ3v) is 5.99. The molecule has 1 aromatic carbocycles. The topological polar surface area (TPSA) is 63.3 Å². The van der Waals surface area contributed by atoms with Crippen molar-refractivity contribution >= 4 is 5.97 Å². The molecule has 0 aromatic heterocycles. The highest BCUT2D eigenvalue weighted by atomic mass is 16.4. The van der Waals surface area contributed by atoms with Crippen molar-refractivity contribution in [1.82, 2.24) is 0 Å². The molecule has 0 amide bonds. The van der Waals surface area contributed by atoms with Gasteiger partial charge in [0.25, 0.3) is 0 Å². The van der Waals surface area contributed by atoms with E-state index in [9.17, 15) is 4.79 Å². The van der Waals surface area contributed by atoms with Gasteiger partial charge in [-0.25, -0.2) is 0 Å². The molecule has 1 aromatic rings. The lowest BCUT2D eigenvalue weighted by atomic mass is 9.76. The number of carboxylic acid groups (broad SMARTS) is 1. The Kier molecular flexibility index (Phi) is 9.33. The summed E-state index contributed by atoms with van der Waals surface area (Å²) in [6.07, 6.45) is 12.6. The van der Waals surface area contributed by atoms with Crippen LogP contribution >= 0.6 is 0 Å². The number of hydrogen-bond donors (Lipinski definition) is 2. The first-order valence-corrected chi connectivity index (χ1v) is 11.0. The normalized spacial score (nSPS) is 23.6. The Labute approximate surface area is 165 Å². The molecule has 0 aliphatic heterocycles. The molecule has 0 heterocycles. The van der Waals surface area contributed by atoms with Crippen molar-refractivity contribution in [2.24, 2.45) is 17.6 Å². The predicted octanol–water partition coefficient (Wildman–Crippen LogP) is 5.91. The van der Waals surface area contributed by atoms with Crippen molar-refractivity contribution in [3.8, 4) is 0 Å². The molecule has 0 bridgehead atoms. The van der Waals surface area contributed by atoms with Crippen LogP contribution in [0.25, 0.3) is 0 Å². The fourth-order valence-corrected chi connectivity index (χ4v) is 4.56. The van der Waals surface area contributed by atoms with Gasteiger partial charge in [-0.3, -0.25) is 4.79 Å². The molecule has 2 aliphatic carbocycles. The Hall–Kier alpha value is -1.35. The molecule has 2 aliphatic rings. The molecule has 0 spiro atoms. The second-order valence-electron chi connectivity index (χ2n) is 9.07. The van der Waals surface area contributed by atoms with E-state index >= 15 is 0 Å². The minimum absolute atomic E-state index is 0.335. The van der Waals surface area contributed by atoms with E-state index in [0.717, 1.165) is 25.7 Å². The SMILES string of the molecule is CC(C)Cc1ccc(C2CCCC(CC(=O)O)C2)cc1.NC1CCCCC1. The van der Waals surface area contributed by atoms with Crippen molar-refractivity contribution < 1.29 is 9.90 Å². The number of benzene rings is 1. The van der Waals surface area contributed by atoms with E-state index < -0.39 is 5.97 Å². The lowest BCUT2D eigenvalue weighted by molar-refractivity contribution is -0.138. The Morgan fingerprint density at radius 1 is 1.04 bits per heavy atom. The van der Waals surface area contributed by atoms with Crippen LogP contribution in [0.15, 0.2) is 24.3 Å². The van der Waals surface area contributed by atoms with Gasteiger partial charge in [-0.15, -0.1) is 0 Å². The molecule has 27 heavy (non-hydrogen) atoms. The van der Waals surface area contributed by atoms with Crippen LogP contribution in [0.3, 0.4) is 0 Å². The highest BCUT2D eigenvalue weighted by Crippen LogP contribution is 2.37. The van der Waals surface area contributed by atoms with Crippen LogP contribution in [-0.2, 0) is 11.2 Å². The zero-order chi connectivity index (χ0) is 19.6. The molecule has 3 N–H and O–H groups in total. The molecule has 3 rings (SSSR count).